The summed E-state index contributed by atoms with van der Waals surface area (Å²) in [4.78, 5) is 63.2. The molecule has 1 aliphatic rings. The number of nitrogens with one attached hydrogen (secondary N) is 1. The molecule has 2 amide bonds. The summed E-state index contributed by atoms with van der Waals surface area (Å²) in [6.45, 7) is 0.387. The SMILES string of the molecule is O=C(NCCO)C1CCN(C(=O)C(C(=O)c2cccc([N+](=O)[O-])c2)n2ccccc2=O)CC1. The van der Waals surface area contributed by atoms with Gasteiger partial charge in [0.1, 0.15) is 0 Å². The van der Waals surface area contributed by atoms with Gasteiger partial charge in [-0.2, -0.15) is 0 Å². The monoisotopic (exact) mass is 456 g/mol. The van der Waals surface area contributed by atoms with E-state index in [9.17, 15) is 29.3 Å². The number of hydrogen-bond donors (Lipinski definition) is 2. The molecular weight excluding hydrogens is 432 g/mol. The van der Waals surface area contributed by atoms with Crippen LogP contribution >= 0.6 is 0 Å². The number of piperidine rings is 1. The van der Waals surface area contributed by atoms with Gasteiger partial charge >= 0.3 is 0 Å². The van der Waals surface area contributed by atoms with E-state index in [1.165, 1.54) is 47.5 Å². The summed E-state index contributed by atoms with van der Waals surface area (Å²) in [6, 6.07) is 7.70. The highest BCUT2D eigenvalue weighted by atomic mass is 16.6. The zero-order valence-corrected chi connectivity index (χ0v) is 17.8. The molecule has 33 heavy (non-hydrogen) atoms. The fraction of sp³-hybridized carbons (Fsp3) is 0.364. The molecule has 1 unspecified atom stereocenters. The predicted octanol–water partition coefficient (Wildman–Crippen LogP) is 0.528. The van der Waals surface area contributed by atoms with Crippen molar-refractivity contribution in [1.82, 2.24) is 14.8 Å². The third-order valence-electron chi connectivity index (χ3n) is 5.54. The molecule has 0 spiro atoms. The molecule has 0 bridgehead atoms. The van der Waals surface area contributed by atoms with Crippen molar-refractivity contribution in [2.24, 2.45) is 5.92 Å². The van der Waals surface area contributed by atoms with Gasteiger partial charge < -0.3 is 15.3 Å². The number of likely N-dealkylation sites (tertiary alicyclic amines) is 1. The van der Waals surface area contributed by atoms with Crippen LogP contribution in [0.25, 0.3) is 0 Å². The Labute approximate surface area is 188 Å². The normalized spacial score (nSPS) is 15.0. The molecule has 0 saturated carbocycles. The van der Waals surface area contributed by atoms with Crippen LogP contribution in [0.5, 0.6) is 0 Å². The van der Waals surface area contributed by atoms with Gasteiger partial charge in [-0.1, -0.05) is 18.2 Å². The maximum Gasteiger partial charge on any atom is 0.270 e. The van der Waals surface area contributed by atoms with E-state index in [1.807, 2.05) is 0 Å². The predicted molar refractivity (Wildman–Crippen MR) is 117 cm³/mol. The van der Waals surface area contributed by atoms with Gasteiger partial charge in [0.05, 0.1) is 11.5 Å². The summed E-state index contributed by atoms with van der Waals surface area (Å²) in [5.74, 6) is -1.89. The molecule has 1 aliphatic heterocycles. The Balaban J connectivity index is 1.86. The Hall–Kier alpha value is -3.86. The van der Waals surface area contributed by atoms with Crippen LogP contribution in [0.1, 0.15) is 29.2 Å². The van der Waals surface area contributed by atoms with Crippen LogP contribution in [0.3, 0.4) is 0 Å². The Morgan fingerprint density at radius 1 is 1.15 bits per heavy atom. The van der Waals surface area contributed by atoms with Gasteiger partial charge in [-0.05, 0) is 18.9 Å². The van der Waals surface area contributed by atoms with E-state index in [2.05, 4.69) is 5.32 Å². The highest BCUT2D eigenvalue weighted by Gasteiger charge is 2.36. The molecule has 1 fully saturated rings. The molecule has 2 heterocycles. The molecule has 1 aromatic heterocycles. The van der Waals surface area contributed by atoms with Crippen molar-refractivity contribution in [1.29, 1.82) is 0 Å². The number of ketones is 1. The molecule has 1 atom stereocenters. The average molecular weight is 456 g/mol. The molecule has 2 N–H and O–H groups in total. The lowest BCUT2D eigenvalue weighted by Gasteiger charge is -2.33. The van der Waals surface area contributed by atoms with Gasteiger partial charge in [-0.25, -0.2) is 0 Å². The standard InChI is InChI=1S/C22H24N4O7/c27-13-9-23-21(30)15-7-11-24(12-8-15)22(31)19(25-10-2-1-6-18(25)28)20(29)16-4-3-5-17(14-16)26(32)33/h1-6,10,14-15,19,27H,7-9,11-13H2,(H,23,30). The maximum atomic E-state index is 13.4. The first-order valence-corrected chi connectivity index (χ1v) is 10.5. The van der Waals surface area contributed by atoms with E-state index in [4.69, 9.17) is 5.11 Å². The maximum absolute atomic E-state index is 13.4. The van der Waals surface area contributed by atoms with Crippen molar-refractivity contribution in [2.75, 3.05) is 26.2 Å². The zero-order chi connectivity index (χ0) is 24.0. The van der Waals surface area contributed by atoms with Gasteiger partial charge in [-0.15, -0.1) is 0 Å². The number of nitro benzene ring substituents is 1. The Morgan fingerprint density at radius 2 is 1.88 bits per heavy atom. The Bertz CT molecular complexity index is 1110. The van der Waals surface area contributed by atoms with Crippen LogP contribution in [-0.4, -0.2) is 63.3 Å². The minimum Gasteiger partial charge on any atom is -0.395 e. The van der Waals surface area contributed by atoms with Crippen LogP contribution in [0.15, 0.2) is 53.5 Å². The zero-order valence-electron chi connectivity index (χ0n) is 17.8. The van der Waals surface area contributed by atoms with Crippen molar-refractivity contribution in [3.8, 4) is 0 Å². The number of nitrogens with zero attached hydrogens (tertiary/aromatic N) is 3. The van der Waals surface area contributed by atoms with Gasteiger partial charge in [0.25, 0.3) is 17.2 Å². The second-order valence-corrected chi connectivity index (χ2v) is 7.63. The number of nitro groups is 1. The van der Waals surface area contributed by atoms with Gasteiger partial charge in [-0.3, -0.25) is 33.9 Å². The highest BCUT2D eigenvalue weighted by Crippen LogP contribution is 2.24. The van der Waals surface area contributed by atoms with Crippen molar-refractivity contribution in [2.45, 2.75) is 18.9 Å². The summed E-state index contributed by atoms with van der Waals surface area (Å²) < 4.78 is 1.02. The lowest BCUT2D eigenvalue weighted by Crippen LogP contribution is -2.48. The lowest BCUT2D eigenvalue weighted by atomic mass is 9.94. The van der Waals surface area contributed by atoms with Crippen molar-refractivity contribution in [3.05, 3.63) is 74.7 Å². The molecule has 11 heteroatoms. The number of carbonyl (C=O) groups excluding carboxylic acids is 3. The van der Waals surface area contributed by atoms with Crippen LogP contribution in [-0.2, 0) is 9.59 Å². The first kappa shape index (κ1) is 23.8. The summed E-state index contributed by atoms with van der Waals surface area (Å²) in [5, 5.41) is 22.6. The molecular formula is C22H24N4O7. The van der Waals surface area contributed by atoms with E-state index >= 15 is 0 Å². The molecule has 174 valence electrons. The quantitative estimate of drug-likeness (QED) is 0.254. The first-order valence-electron chi connectivity index (χ1n) is 10.5. The van der Waals surface area contributed by atoms with Crippen LogP contribution < -0.4 is 10.9 Å². The van der Waals surface area contributed by atoms with E-state index in [-0.39, 0.29) is 49.3 Å². The Kier molecular flexibility index (Phi) is 7.67. The first-order chi connectivity index (χ1) is 15.8. The third-order valence-corrected chi connectivity index (χ3v) is 5.54. The van der Waals surface area contributed by atoms with E-state index in [0.717, 1.165) is 10.6 Å². The third kappa shape index (κ3) is 5.50. The Morgan fingerprint density at radius 3 is 2.52 bits per heavy atom. The molecule has 11 nitrogen and oxygen atoms in total. The molecule has 0 radical (unpaired) electrons. The number of pyridine rings is 1. The number of benzene rings is 1. The van der Waals surface area contributed by atoms with E-state index < -0.39 is 28.2 Å². The molecule has 0 aliphatic carbocycles. The second-order valence-electron chi connectivity index (χ2n) is 7.63. The minimum atomic E-state index is -1.53. The van der Waals surface area contributed by atoms with Crippen LogP contribution in [0, 0.1) is 16.0 Å². The largest absolute Gasteiger partial charge is 0.395 e. The van der Waals surface area contributed by atoms with Gasteiger partial charge in [0.2, 0.25) is 5.91 Å². The molecule has 2 aromatic rings. The van der Waals surface area contributed by atoms with Crippen molar-refractivity contribution in [3.63, 3.8) is 0 Å². The average Bonchev–Trinajstić information content (AvgIpc) is 2.83. The van der Waals surface area contributed by atoms with Gasteiger partial charge in [0.15, 0.2) is 11.8 Å². The second kappa shape index (κ2) is 10.6. The van der Waals surface area contributed by atoms with Crippen LogP contribution in [0.2, 0.25) is 0 Å². The van der Waals surface area contributed by atoms with Crippen molar-refractivity contribution < 1.29 is 24.4 Å². The van der Waals surface area contributed by atoms with Gasteiger partial charge in [0, 0.05) is 55.5 Å². The summed E-state index contributed by atoms with van der Waals surface area (Å²) >= 11 is 0. The minimum absolute atomic E-state index is 0.0587. The molecule has 1 aromatic carbocycles. The number of carbonyl (C=O) groups is 3. The summed E-state index contributed by atoms with van der Waals surface area (Å²) in [5.41, 5.74) is -0.924. The molecule has 3 rings (SSSR count). The number of amides is 2. The van der Waals surface area contributed by atoms with Crippen molar-refractivity contribution >= 4 is 23.3 Å². The number of Topliss-reactive ketones (excluding diaryl/α,β-unsaturated/α-hetero) is 1. The molecule has 1 saturated heterocycles. The summed E-state index contributed by atoms with van der Waals surface area (Å²) in [7, 11) is 0. The topological polar surface area (TPSA) is 152 Å². The summed E-state index contributed by atoms with van der Waals surface area (Å²) in [6.07, 6.45) is 2.06. The fourth-order valence-corrected chi connectivity index (χ4v) is 3.80. The van der Waals surface area contributed by atoms with E-state index in [1.54, 1.807) is 0 Å². The van der Waals surface area contributed by atoms with Crippen LogP contribution in [0.4, 0.5) is 5.69 Å². The number of aliphatic hydroxyl groups is 1. The number of rotatable bonds is 8. The lowest BCUT2D eigenvalue weighted by molar-refractivity contribution is -0.384. The number of non-ortho nitro benzene ring substituents is 1. The fourth-order valence-electron chi connectivity index (χ4n) is 3.80. The highest BCUT2D eigenvalue weighted by molar-refractivity contribution is 6.12. The van der Waals surface area contributed by atoms with E-state index in [0.29, 0.717) is 12.8 Å². The number of aliphatic hydroxyl groups excluding tert-OH is 1. The smallest absolute Gasteiger partial charge is 0.270 e. The number of aromatic nitrogens is 1. The number of hydrogen-bond acceptors (Lipinski definition) is 7.